The number of amides is 5. The fourth-order valence-corrected chi connectivity index (χ4v) is 7.42. The predicted octanol–water partition coefficient (Wildman–Crippen LogP) is 3.17. The number of carbonyl (C=O) groups excluding carboxylic acids is 5. The zero-order valence-corrected chi connectivity index (χ0v) is 34.5. The Hall–Kier alpha value is -7.80. The van der Waals surface area contributed by atoms with E-state index >= 15 is 0 Å². The first-order chi connectivity index (χ1) is 30.6. The smallest absolute Gasteiger partial charge is 0.264 e. The Morgan fingerprint density at radius 2 is 1.71 bits per heavy atom. The second-order valence-corrected chi connectivity index (χ2v) is 14.7. The SMILES string of the molecule is COc1ccc(COc2ccc(Cn3c(N)nc4cc(-c5cnn(CC(=O)NCCOCCNc6cccc7c6C(=O)N(C6CCC(=O)NC6=O)C7=O)c5)cnc43)cc2OC)cc1. The third-order valence-electron chi connectivity index (χ3n) is 10.6. The van der Waals surface area contributed by atoms with Crippen LogP contribution < -0.4 is 35.9 Å². The third kappa shape index (κ3) is 9.13. The van der Waals surface area contributed by atoms with E-state index in [0.717, 1.165) is 32.9 Å². The van der Waals surface area contributed by atoms with E-state index in [1.54, 1.807) is 44.9 Å². The molecule has 1 saturated heterocycles. The average Bonchev–Trinajstić information content (AvgIpc) is 3.95. The number of nitrogen functional groups attached to an aromatic ring is 1. The van der Waals surface area contributed by atoms with Crippen LogP contribution in [-0.4, -0.2) is 105 Å². The van der Waals surface area contributed by atoms with E-state index in [4.69, 9.17) is 24.7 Å². The minimum atomic E-state index is -1.05. The normalized spacial score (nSPS) is 14.8. The van der Waals surface area contributed by atoms with Crippen LogP contribution in [0.15, 0.2) is 85.3 Å². The van der Waals surface area contributed by atoms with Crippen LogP contribution in [0.1, 0.15) is 44.7 Å². The highest BCUT2D eigenvalue weighted by Gasteiger charge is 2.45. The summed E-state index contributed by atoms with van der Waals surface area (Å²) in [4.78, 5) is 73.2. The number of imide groups is 2. The molecule has 5 N–H and O–H groups in total. The van der Waals surface area contributed by atoms with E-state index in [1.165, 1.54) is 10.7 Å². The number of imidazole rings is 1. The number of pyridine rings is 1. The minimum absolute atomic E-state index is 0.0186. The lowest BCUT2D eigenvalue weighted by molar-refractivity contribution is -0.136. The van der Waals surface area contributed by atoms with Crippen molar-refractivity contribution < 1.29 is 42.9 Å². The summed E-state index contributed by atoms with van der Waals surface area (Å²) in [5, 5.41) is 12.5. The van der Waals surface area contributed by atoms with Crippen LogP contribution in [-0.2, 0) is 38.8 Å². The van der Waals surface area contributed by atoms with Crippen molar-refractivity contribution in [2.24, 2.45) is 0 Å². The number of nitrogens with zero attached hydrogens (tertiary/aromatic N) is 6. The summed E-state index contributed by atoms with van der Waals surface area (Å²) in [5.74, 6) is -0.275. The lowest BCUT2D eigenvalue weighted by Crippen LogP contribution is -2.54. The molecule has 63 heavy (non-hydrogen) atoms. The highest BCUT2D eigenvalue weighted by molar-refractivity contribution is 6.25. The summed E-state index contributed by atoms with van der Waals surface area (Å²) in [6, 6.07) is 19.0. The summed E-state index contributed by atoms with van der Waals surface area (Å²) in [7, 11) is 3.22. The summed E-state index contributed by atoms with van der Waals surface area (Å²) in [5.41, 5.74) is 11.8. The summed E-state index contributed by atoms with van der Waals surface area (Å²) < 4.78 is 25.9. The van der Waals surface area contributed by atoms with Crippen molar-refractivity contribution in [3.63, 3.8) is 0 Å². The molecule has 2 aliphatic heterocycles. The number of hydrogen-bond acceptors (Lipinski definition) is 14. The van der Waals surface area contributed by atoms with Gasteiger partial charge in [-0.2, -0.15) is 5.10 Å². The highest BCUT2D eigenvalue weighted by Crippen LogP contribution is 2.33. The van der Waals surface area contributed by atoms with Crippen LogP contribution in [0.25, 0.3) is 22.3 Å². The maximum Gasteiger partial charge on any atom is 0.264 e. The number of benzene rings is 3. The molecule has 1 fully saturated rings. The number of piperidine rings is 1. The lowest BCUT2D eigenvalue weighted by Gasteiger charge is -2.27. The first kappa shape index (κ1) is 41.9. The number of nitrogens with one attached hydrogen (secondary N) is 3. The van der Waals surface area contributed by atoms with Crippen molar-refractivity contribution in [1.29, 1.82) is 0 Å². The van der Waals surface area contributed by atoms with Gasteiger partial charge in [0.1, 0.15) is 30.5 Å². The molecule has 5 amide bonds. The zero-order valence-electron chi connectivity index (χ0n) is 34.5. The molecule has 3 aromatic heterocycles. The van der Waals surface area contributed by atoms with Crippen LogP contribution >= 0.6 is 0 Å². The van der Waals surface area contributed by atoms with Crippen LogP contribution in [0.3, 0.4) is 0 Å². The molecule has 5 heterocycles. The fraction of sp³-hybridized carbons (Fsp3) is 0.273. The van der Waals surface area contributed by atoms with Gasteiger partial charge in [-0.25, -0.2) is 9.97 Å². The van der Waals surface area contributed by atoms with Crippen molar-refractivity contribution >= 4 is 52.3 Å². The molecule has 2 aliphatic rings. The zero-order chi connectivity index (χ0) is 44.0. The number of aromatic nitrogens is 5. The molecule has 1 unspecified atom stereocenters. The summed E-state index contributed by atoms with van der Waals surface area (Å²) in [6.07, 6.45) is 5.22. The molecule has 0 aliphatic carbocycles. The molecule has 324 valence electrons. The van der Waals surface area contributed by atoms with Gasteiger partial charge in [-0.15, -0.1) is 0 Å². The van der Waals surface area contributed by atoms with Gasteiger partial charge in [0.15, 0.2) is 17.1 Å². The van der Waals surface area contributed by atoms with Crippen molar-refractivity contribution in [2.45, 2.75) is 38.6 Å². The number of hydrogen-bond donors (Lipinski definition) is 4. The predicted molar refractivity (Wildman–Crippen MR) is 228 cm³/mol. The molecule has 3 aromatic carbocycles. The van der Waals surface area contributed by atoms with E-state index in [2.05, 4.69) is 31.0 Å². The molecule has 0 spiro atoms. The number of methoxy groups -OCH3 is 2. The molecule has 0 radical (unpaired) electrons. The van der Waals surface area contributed by atoms with Crippen LogP contribution in [0.2, 0.25) is 0 Å². The number of carbonyl (C=O) groups is 5. The fourth-order valence-electron chi connectivity index (χ4n) is 7.42. The Kier molecular flexibility index (Phi) is 12.3. The average molecular weight is 857 g/mol. The third-order valence-corrected chi connectivity index (χ3v) is 10.6. The Labute approximate surface area is 360 Å². The molecule has 0 bridgehead atoms. The molecular weight excluding hydrogens is 813 g/mol. The van der Waals surface area contributed by atoms with E-state index in [1.807, 2.05) is 53.1 Å². The first-order valence-electron chi connectivity index (χ1n) is 20.1. The molecule has 0 saturated carbocycles. The minimum Gasteiger partial charge on any atom is -0.497 e. The maximum atomic E-state index is 13.3. The van der Waals surface area contributed by atoms with E-state index < -0.39 is 29.7 Å². The Morgan fingerprint density at radius 1 is 0.905 bits per heavy atom. The monoisotopic (exact) mass is 856 g/mol. The van der Waals surface area contributed by atoms with Crippen molar-refractivity contribution in [3.05, 3.63) is 108 Å². The quantitative estimate of drug-likeness (QED) is 0.0718. The standard InChI is InChI=1S/C44H44N10O9/c1-60-30-9-6-26(7-10-30)25-63-35-12-8-27(18-36(35)61-2)22-53-40-33(50-44(53)45)19-28(20-48-40)29-21-49-52(23-29)24-38(56)47-15-17-62-16-14-46-32-5-3-4-31-39(32)43(59)54(42(31)58)34-11-13-37(55)51-41(34)57/h3-10,12,18-21,23,34,46H,11,13-17,22,24-25H2,1-2H3,(H2,45,50)(H,47,56)(H,51,55,57). The summed E-state index contributed by atoms with van der Waals surface area (Å²) in [6.45, 7) is 1.77. The van der Waals surface area contributed by atoms with Crippen LogP contribution in [0, 0.1) is 0 Å². The van der Waals surface area contributed by atoms with Gasteiger partial charge in [-0.1, -0.05) is 24.3 Å². The summed E-state index contributed by atoms with van der Waals surface area (Å²) >= 11 is 0. The van der Waals surface area contributed by atoms with E-state index in [-0.39, 0.29) is 56.2 Å². The van der Waals surface area contributed by atoms with E-state index in [0.29, 0.717) is 54.0 Å². The topological polar surface area (TPSA) is 236 Å². The second kappa shape index (κ2) is 18.4. The van der Waals surface area contributed by atoms with Gasteiger partial charge in [0.2, 0.25) is 23.7 Å². The Balaban J connectivity index is 0.787. The van der Waals surface area contributed by atoms with E-state index in [9.17, 15) is 24.0 Å². The molecule has 8 rings (SSSR count). The largest absolute Gasteiger partial charge is 0.497 e. The number of rotatable bonds is 18. The van der Waals surface area contributed by atoms with Crippen molar-refractivity contribution in [1.82, 2.24) is 39.8 Å². The number of ether oxygens (including phenoxy) is 4. The van der Waals surface area contributed by atoms with Crippen molar-refractivity contribution in [2.75, 3.05) is 51.6 Å². The molecular formula is C44H44N10O9. The maximum absolute atomic E-state index is 13.3. The molecule has 19 nitrogen and oxygen atoms in total. The van der Waals surface area contributed by atoms with Crippen LogP contribution in [0.4, 0.5) is 11.6 Å². The van der Waals surface area contributed by atoms with Gasteiger partial charge < -0.3 is 35.3 Å². The van der Waals surface area contributed by atoms with Crippen molar-refractivity contribution in [3.8, 4) is 28.4 Å². The molecule has 1 atom stereocenters. The van der Waals surface area contributed by atoms with Gasteiger partial charge in [-0.05, 0) is 60.0 Å². The first-order valence-corrected chi connectivity index (χ1v) is 20.1. The Bertz CT molecular complexity index is 2710. The highest BCUT2D eigenvalue weighted by atomic mass is 16.5. The second-order valence-electron chi connectivity index (χ2n) is 14.7. The van der Waals surface area contributed by atoms with Crippen LogP contribution in [0.5, 0.6) is 17.2 Å². The Morgan fingerprint density at radius 3 is 2.51 bits per heavy atom. The number of fused-ring (bicyclic) bond motifs is 2. The van der Waals surface area contributed by atoms with Gasteiger partial charge in [0, 0.05) is 48.7 Å². The molecule has 6 aromatic rings. The molecule has 19 heteroatoms. The van der Waals surface area contributed by atoms with Gasteiger partial charge in [-0.3, -0.25) is 43.4 Å². The van der Waals surface area contributed by atoms with Gasteiger partial charge in [0.05, 0.1) is 51.3 Å². The van der Waals surface area contributed by atoms with Gasteiger partial charge >= 0.3 is 0 Å². The van der Waals surface area contributed by atoms with Gasteiger partial charge in [0.25, 0.3) is 11.8 Å². The number of nitrogens with two attached hydrogens (primary N) is 1. The lowest BCUT2D eigenvalue weighted by atomic mass is 10.0. The number of anilines is 2.